The quantitative estimate of drug-likeness (QED) is 0.620. The number of alkyl halides is 1. The molecule has 0 spiro atoms. The second-order valence-corrected chi connectivity index (χ2v) is 3.19. The van der Waals surface area contributed by atoms with Crippen LogP contribution in [0.15, 0.2) is 0 Å². The van der Waals surface area contributed by atoms with Crippen LogP contribution < -0.4 is 0 Å². The molecule has 0 rings (SSSR count). The molecule has 62 valence electrons. The van der Waals surface area contributed by atoms with E-state index in [1.807, 2.05) is 6.92 Å². The molecule has 2 heteroatoms. The molecule has 0 saturated heterocycles. The molecule has 0 aliphatic carbocycles. The second-order valence-electron chi connectivity index (χ2n) is 2.63. The minimum Gasteiger partial charge on any atom is -0.392 e. The number of aliphatic hydroxyl groups is 1. The second kappa shape index (κ2) is 5.99. The van der Waals surface area contributed by atoms with Crippen LogP contribution in [0.2, 0.25) is 0 Å². The first-order valence-corrected chi connectivity index (χ1v) is 4.48. The van der Waals surface area contributed by atoms with E-state index in [-0.39, 0.29) is 11.5 Å². The molecule has 1 N–H and O–H groups in total. The Morgan fingerprint density at radius 2 is 2.00 bits per heavy atom. The number of halogens is 1. The van der Waals surface area contributed by atoms with Crippen LogP contribution in [0.1, 0.15) is 39.5 Å². The lowest BCUT2D eigenvalue weighted by Gasteiger charge is -2.13. The van der Waals surface area contributed by atoms with Gasteiger partial charge in [-0.25, -0.2) is 0 Å². The Morgan fingerprint density at radius 3 is 2.40 bits per heavy atom. The standard InChI is InChI=1S/C8H17ClO/c1-3-5-6-7(9)8(10)4-2/h7-8,10H,3-6H2,1-2H3/t7-,8-/m0/s1. The van der Waals surface area contributed by atoms with Crippen molar-refractivity contribution in [3.05, 3.63) is 0 Å². The number of unbranched alkanes of at least 4 members (excludes halogenated alkanes) is 1. The fraction of sp³-hybridized carbons (Fsp3) is 1.00. The van der Waals surface area contributed by atoms with Gasteiger partial charge in [-0.05, 0) is 12.8 Å². The summed E-state index contributed by atoms with van der Waals surface area (Å²) in [4.78, 5) is 0. The third-order valence-corrected chi connectivity index (χ3v) is 2.18. The van der Waals surface area contributed by atoms with Crippen LogP contribution in [-0.2, 0) is 0 Å². The molecular formula is C8H17ClO. The van der Waals surface area contributed by atoms with Crippen LogP contribution in [0.3, 0.4) is 0 Å². The Hall–Kier alpha value is 0.250. The van der Waals surface area contributed by atoms with Crippen molar-refractivity contribution in [3.8, 4) is 0 Å². The predicted molar refractivity (Wildman–Crippen MR) is 45.5 cm³/mol. The number of hydrogen-bond acceptors (Lipinski definition) is 1. The molecule has 0 heterocycles. The Morgan fingerprint density at radius 1 is 1.40 bits per heavy atom. The lowest BCUT2D eigenvalue weighted by Crippen LogP contribution is -2.19. The van der Waals surface area contributed by atoms with Crippen LogP contribution >= 0.6 is 11.6 Å². The van der Waals surface area contributed by atoms with Crippen LogP contribution in [0, 0.1) is 0 Å². The average molecular weight is 165 g/mol. The maximum atomic E-state index is 9.22. The van der Waals surface area contributed by atoms with E-state index in [4.69, 9.17) is 11.6 Å². The normalized spacial score (nSPS) is 16.8. The average Bonchev–Trinajstić information content (AvgIpc) is 1.98. The molecule has 1 nitrogen and oxygen atoms in total. The summed E-state index contributed by atoms with van der Waals surface area (Å²) in [6.45, 7) is 4.08. The van der Waals surface area contributed by atoms with Crippen molar-refractivity contribution < 1.29 is 5.11 Å². The SMILES string of the molecule is CCCC[C@H](Cl)[C@@H](O)CC. The van der Waals surface area contributed by atoms with Crippen LogP contribution in [0.25, 0.3) is 0 Å². The molecule has 10 heavy (non-hydrogen) atoms. The molecule has 0 saturated carbocycles. The monoisotopic (exact) mass is 164 g/mol. The summed E-state index contributed by atoms with van der Waals surface area (Å²) >= 11 is 5.86. The minimum absolute atomic E-state index is 0.0371. The van der Waals surface area contributed by atoms with Crippen LogP contribution in [-0.4, -0.2) is 16.6 Å². The third-order valence-electron chi connectivity index (χ3n) is 1.67. The Bertz CT molecular complexity index is 75.7. The summed E-state index contributed by atoms with van der Waals surface area (Å²) < 4.78 is 0. The summed E-state index contributed by atoms with van der Waals surface area (Å²) in [6, 6.07) is 0. The topological polar surface area (TPSA) is 20.2 Å². The van der Waals surface area contributed by atoms with E-state index in [9.17, 15) is 5.11 Å². The molecule has 0 aromatic rings. The smallest absolute Gasteiger partial charge is 0.0701 e. The summed E-state index contributed by atoms with van der Waals surface area (Å²) in [5, 5.41) is 9.18. The lowest BCUT2D eigenvalue weighted by atomic mass is 10.1. The maximum Gasteiger partial charge on any atom is 0.0701 e. The van der Waals surface area contributed by atoms with E-state index in [2.05, 4.69) is 6.92 Å². The molecule has 0 aromatic carbocycles. The van der Waals surface area contributed by atoms with Gasteiger partial charge in [-0.1, -0.05) is 26.7 Å². The first-order chi connectivity index (χ1) is 4.72. The number of hydrogen-bond donors (Lipinski definition) is 1. The van der Waals surface area contributed by atoms with Crippen molar-refractivity contribution in [3.63, 3.8) is 0 Å². The highest BCUT2D eigenvalue weighted by Crippen LogP contribution is 2.13. The van der Waals surface area contributed by atoms with Crippen molar-refractivity contribution in [2.24, 2.45) is 0 Å². The maximum absolute atomic E-state index is 9.22. The fourth-order valence-electron chi connectivity index (χ4n) is 0.847. The highest BCUT2D eigenvalue weighted by Gasteiger charge is 2.12. The van der Waals surface area contributed by atoms with Crippen LogP contribution in [0.5, 0.6) is 0 Å². The van der Waals surface area contributed by atoms with Crippen molar-refractivity contribution in [1.82, 2.24) is 0 Å². The number of aliphatic hydroxyl groups excluding tert-OH is 1. The molecular weight excluding hydrogens is 148 g/mol. The van der Waals surface area contributed by atoms with E-state index in [0.717, 1.165) is 25.7 Å². The Labute approximate surface area is 68.4 Å². The molecule has 0 aliphatic heterocycles. The summed E-state index contributed by atoms with van der Waals surface area (Å²) in [7, 11) is 0. The van der Waals surface area contributed by atoms with Crippen molar-refractivity contribution >= 4 is 11.6 Å². The van der Waals surface area contributed by atoms with Crippen molar-refractivity contribution in [2.75, 3.05) is 0 Å². The molecule has 0 radical (unpaired) electrons. The first-order valence-electron chi connectivity index (χ1n) is 4.04. The summed E-state index contributed by atoms with van der Waals surface area (Å²) in [5.74, 6) is 0. The molecule has 2 atom stereocenters. The molecule has 0 unspecified atom stereocenters. The fourth-order valence-corrected chi connectivity index (χ4v) is 1.18. The number of rotatable bonds is 5. The van der Waals surface area contributed by atoms with Crippen molar-refractivity contribution in [1.29, 1.82) is 0 Å². The van der Waals surface area contributed by atoms with Gasteiger partial charge in [0.05, 0.1) is 11.5 Å². The van der Waals surface area contributed by atoms with Gasteiger partial charge < -0.3 is 5.11 Å². The summed E-state index contributed by atoms with van der Waals surface area (Å²) in [6.07, 6.45) is 3.66. The predicted octanol–water partition coefficient (Wildman–Crippen LogP) is 2.55. The van der Waals surface area contributed by atoms with E-state index in [0.29, 0.717) is 0 Å². The van der Waals surface area contributed by atoms with Crippen molar-refractivity contribution in [2.45, 2.75) is 51.0 Å². The molecule has 0 aliphatic rings. The Kier molecular flexibility index (Phi) is 6.14. The molecule has 0 aromatic heterocycles. The first kappa shape index (κ1) is 10.2. The molecule has 0 bridgehead atoms. The van der Waals surface area contributed by atoms with Gasteiger partial charge >= 0.3 is 0 Å². The highest BCUT2D eigenvalue weighted by molar-refractivity contribution is 6.21. The van der Waals surface area contributed by atoms with Gasteiger partial charge in [0, 0.05) is 0 Å². The van der Waals surface area contributed by atoms with E-state index in [1.165, 1.54) is 0 Å². The van der Waals surface area contributed by atoms with Gasteiger partial charge in [0.15, 0.2) is 0 Å². The van der Waals surface area contributed by atoms with Gasteiger partial charge in [0.2, 0.25) is 0 Å². The van der Waals surface area contributed by atoms with Gasteiger partial charge in [0.1, 0.15) is 0 Å². The molecule has 0 amide bonds. The van der Waals surface area contributed by atoms with E-state index >= 15 is 0 Å². The Balaban J connectivity index is 3.31. The zero-order valence-corrected chi connectivity index (χ0v) is 7.56. The zero-order valence-electron chi connectivity index (χ0n) is 6.81. The highest BCUT2D eigenvalue weighted by atomic mass is 35.5. The largest absolute Gasteiger partial charge is 0.392 e. The van der Waals surface area contributed by atoms with Gasteiger partial charge in [-0.3, -0.25) is 0 Å². The van der Waals surface area contributed by atoms with E-state index in [1.54, 1.807) is 0 Å². The summed E-state index contributed by atoms with van der Waals surface area (Å²) in [5.41, 5.74) is 0. The third kappa shape index (κ3) is 4.13. The van der Waals surface area contributed by atoms with E-state index < -0.39 is 0 Å². The minimum atomic E-state index is -0.312. The van der Waals surface area contributed by atoms with Gasteiger partial charge in [-0.15, -0.1) is 11.6 Å². The molecule has 0 fully saturated rings. The van der Waals surface area contributed by atoms with Gasteiger partial charge in [-0.2, -0.15) is 0 Å². The zero-order chi connectivity index (χ0) is 7.98. The lowest BCUT2D eigenvalue weighted by molar-refractivity contribution is 0.160. The van der Waals surface area contributed by atoms with Crippen LogP contribution in [0.4, 0.5) is 0 Å². The van der Waals surface area contributed by atoms with Gasteiger partial charge in [0.25, 0.3) is 0 Å².